The maximum atomic E-state index is 10.5. The smallest absolute Gasteiger partial charge is 0.209 e. The lowest BCUT2D eigenvalue weighted by Gasteiger charge is -2.26. The highest BCUT2D eigenvalue weighted by Gasteiger charge is 2.26. The van der Waals surface area contributed by atoms with E-state index in [0.717, 1.165) is 25.0 Å². The molecule has 4 rings (SSSR count). The number of nitrogen functional groups attached to an aromatic ring is 1. The molecule has 1 aliphatic carbocycles. The van der Waals surface area contributed by atoms with E-state index in [9.17, 15) is 5.11 Å². The van der Waals surface area contributed by atoms with Crippen LogP contribution >= 0.6 is 12.4 Å². The molecule has 3 N–H and O–H groups in total. The van der Waals surface area contributed by atoms with Gasteiger partial charge in [-0.05, 0) is 50.7 Å². The Labute approximate surface area is 163 Å². The molecule has 0 saturated heterocycles. The Morgan fingerprint density at radius 2 is 1.93 bits per heavy atom. The minimum Gasteiger partial charge on any atom is -0.458 e. The molecule has 1 fully saturated rings. The van der Waals surface area contributed by atoms with E-state index in [-0.39, 0.29) is 18.2 Å². The van der Waals surface area contributed by atoms with Gasteiger partial charge in [0.05, 0.1) is 0 Å². The van der Waals surface area contributed by atoms with Gasteiger partial charge in [0.25, 0.3) is 0 Å². The third-order valence-corrected chi connectivity index (χ3v) is 4.79. The van der Waals surface area contributed by atoms with Gasteiger partial charge in [-0.25, -0.2) is 15.0 Å². The van der Waals surface area contributed by atoms with Crippen LogP contribution in [0.5, 0.6) is 0 Å². The van der Waals surface area contributed by atoms with Crippen LogP contribution in [0.3, 0.4) is 0 Å². The Morgan fingerprint density at radius 3 is 2.59 bits per heavy atom. The fraction of sp³-hybridized carbons (Fsp3) is 0.421. The number of hydrogen-bond donors (Lipinski definition) is 2. The number of nitrogens with zero attached hydrogens (tertiary/aromatic N) is 4. The zero-order valence-electron chi connectivity index (χ0n) is 15.3. The predicted octanol–water partition coefficient (Wildman–Crippen LogP) is 2.98. The van der Waals surface area contributed by atoms with E-state index in [0.29, 0.717) is 41.4 Å². The lowest BCUT2D eigenvalue weighted by Crippen LogP contribution is -2.29. The summed E-state index contributed by atoms with van der Waals surface area (Å²) in [7, 11) is 1.85. The van der Waals surface area contributed by atoms with Crippen LogP contribution in [0.2, 0.25) is 0 Å². The number of aryl methyl sites for hydroxylation is 2. The number of anilines is 1. The van der Waals surface area contributed by atoms with Crippen molar-refractivity contribution in [2.75, 3.05) is 5.73 Å². The third kappa shape index (κ3) is 3.64. The highest BCUT2D eigenvalue weighted by Crippen LogP contribution is 2.28. The number of fused-ring (bicyclic) bond motifs is 1. The summed E-state index contributed by atoms with van der Waals surface area (Å²) in [6.45, 7) is 1.88. The topological polar surface area (TPSA) is 103 Å². The summed E-state index contributed by atoms with van der Waals surface area (Å²) in [6.07, 6.45) is 4.49. The van der Waals surface area contributed by atoms with E-state index in [2.05, 4.69) is 26.8 Å². The molecule has 0 radical (unpaired) electrons. The molecule has 8 heteroatoms. The number of hydrogen-bond acceptors (Lipinski definition) is 6. The normalized spacial score (nSPS) is 15.8. The van der Waals surface area contributed by atoms with E-state index in [1.807, 2.05) is 30.7 Å². The average molecular weight is 388 g/mol. The Kier molecular flexibility index (Phi) is 5.13. The van der Waals surface area contributed by atoms with Gasteiger partial charge in [-0.2, -0.15) is 0 Å². The Morgan fingerprint density at radius 1 is 1.19 bits per heavy atom. The molecule has 142 valence electrons. The van der Waals surface area contributed by atoms with Crippen molar-refractivity contribution in [3.05, 3.63) is 23.7 Å². The summed E-state index contributed by atoms with van der Waals surface area (Å²) in [5.74, 6) is 8.48. The minimum absolute atomic E-state index is 0. The molecule has 27 heavy (non-hydrogen) atoms. The van der Waals surface area contributed by atoms with Crippen molar-refractivity contribution in [1.82, 2.24) is 19.5 Å². The van der Waals surface area contributed by atoms with Crippen LogP contribution in [-0.2, 0) is 7.05 Å². The van der Waals surface area contributed by atoms with E-state index in [1.54, 1.807) is 0 Å². The van der Waals surface area contributed by atoms with Crippen LogP contribution < -0.4 is 5.73 Å². The van der Waals surface area contributed by atoms with Crippen molar-refractivity contribution in [3.63, 3.8) is 0 Å². The van der Waals surface area contributed by atoms with Crippen LogP contribution in [0.15, 0.2) is 16.5 Å². The first-order valence-electron chi connectivity index (χ1n) is 8.77. The number of aromatic nitrogens is 4. The molecular weight excluding hydrogens is 366 g/mol. The van der Waals surface area contributed by atoms with E-state index in [1.165, 1.54) is 0 Å². The Balaban J connectivity index is 0.00000210. The van der Waals surface area contributed by atoms with Gasteiger partial charge in [-0.3, -0.25) is 0 Å². The lowest BCUT2D eigenvalue weighted by atomic mass is 9.85. The molecule has 3 aromatic heterocycles. The van der Waals surface area contributed by atoms with Crippen molar-refractivity contribution >= 4 is 29.4 Å². The summed E-state index contributed by atoms with van der Waals surface area (Å²) in [4.78, 5) is 13.3. The second-order valence-corrected chi connectivity index (χ2v) is 6.85. The molecule has 3 aromatic rings. The van der Waals surface area contributed by atoms with Crippen molar-refractivity contribution in [3.8, 4) is 23.4 Å². The predicted molar refractivity (Wildman–Crippen MR) is 105 cm³/mol. The second kappa shape index (κ2) is 7.22. The van der Waals surface area contributed by atoms with Crippen molar-refractivity contribution < 1.29 is 9.52 Å². The van der Waals surface area contributed by atoms with Gasteiger partial charge in [0.1, 0.15) is 11.4 Å². The van der Waals surface area contributed by atoms with Crippen LogP contribution in [0.4, 0.5) is 5.82 Å². The van der Waals surface area contributed by atoms with Gasteiger partial charge >= 0.3 is 0 Å². The van der Waals surface area contributed by atoms with Gasteiger partial charge in [-0.1, -0.05) is 12.3 Å². The summed E-state index contributed by atoms with van der Waals surface area (Å²) in [5.41, 5.74) is 6.22. The summed E-state index contributed by atoms with van der Waals surface area (Å²) >= 11 is 0. The number of rotatable bonds is 1. The summed E-state index contributed by atoms with van der Waals surface area (Å²) in [6, 6.07) is 3.74. The van der Waals surface area contributed by atoms with Crippen LogP contribution in [-0.4, -0.2) is 30.2 Å². The molecule has 0 bridgehead atoms. The molecule has 7 nitrogen and oxygen atoms in total. The Bertz CT molecular complexity index is 1040. The molecule has 3 heterocycles. The van der Waals surface area contributed by atoms with Crippen LogP contribution in [0, 0.1) is 18.8 Å². The number of imidazole rings is 1. The quantitative estimate of drug-likeness (QED) is 0.622. The molecule has 1 saturated carbocycles. The molecule has 0 aromatic carbocycles. The fourth-order valence-corrected chi connectivity index (χ4v) is 3.35. The van der Waals surface area contributed by atoms with Crippen molar-refractivity contribution in [1.29, 1.82) is 0 Å². The van der Waals surface area contributed by atoms with E-state index >= 15 is 0 Å². The van der Waals surface area contributed by atoms with E-state index < -0.39 is 5.60 Å². The van der Waals surface area contributed by atoms with Gasteiger partial charge < -0.3 is 19.8 Å². The number of aliphatic hydroxyl groups is 1. The van der Waals surface area contributed by atoms with Crippen LogP contribution in [0.25, 0.3) is 22.7 Å². The zero-order valence-corrected chi connectivity index (χ0v) is 16.1. The SMILES string of the molecule is Cc1ccc(-c2nc3c(N)nc(C#CC4(O)CCCCC4)nc3n2C)o1.Cl. The highest BCUT2D eigenvalue weighted by molar-refractivity contribution is 5.85. The number of furan rings is 1. The molecule has 0 unspecified atom stereocenters. The van der Waals surface area contributed by atoms with Crippen LogP contribution in [0.1, 0.15) is 43.7 Å². The maximum absolute atomic E-state index is 10.5. The number of nitrogens with two attached hydrogens (primary N) is 1. The largest absolute Gasteiger partial charge is 0.458 e. The lowest BCUT2D eigenvalue weighted by molar-refractivity contribution is 0.0610. The molecular formula is C19H22ClN5O2. The summed E-state index contributed by atoms with van der Waals surface area (Å²) in [5, 5.41) is 10.5. The third-order valence-electron chi connectivity index (χ3n) is 4.79. The zero-order chi connectivity index (χ0) is 18.3. The van der Waals surface area contributed by atoms with E-state index in [4.69, 9.17) is 10.2 Å². The molecule has 1 aliphatic rings. The molecule has 0 atom stereocenters. The second-order valence-electron chi connectivity index (χ2n) is 6.85. The molecule has 0 amide bonds. The molecule has 0 aliphatic heterocycles. The maximum Gasteiger partial charge on any atom is 0.209 e. The van der Waals surface area contributed by atoms with Gasteiger partial charge in [0.15, 0.2) is 28.6 Å². The minimum atomic E-state index is -0.950. The van der Waals surface area contributed by atoms with Gasteiger partial charge in [0.2, 0.25) is 5.82 Å². The average Bonchev–Trinajstić information content (AvgIpc) is 3.18. The Hall–Kier alpha value is -2.56. The summed E-state index contributed by atoms with van der Waals surface area (Å²) < 4.78 is 7.47. The first-order valence-corrected chi connectivity index (χ1v) is 8.77. The number of halogens is 1. The van der Waals surface area contributed by atoms with Crippen molar-refractivity contribution in [2.45, 2.75) is 44.6 Å². The van der Waals surface area contributed by atoms with Crippen molar-refractivity contribution in [2.24, 2.45) is 7.05 Å². The fourth-order valence-electron chi connectivity index (χ4n) is 3.35. The monoisotopic (exact) mass is 387 g/mol. The highest BCUT2D eigenvalue weighted by atomic mass is 35.5. The van der Waals surface area contributed by atoms with Gasteiger partial charge in [0, 0.05) is 7.05 Å². The molecule has 0 spiro atoms. The first kappa shape index (κ1) is 19.2. The standard InChI is InChI=1S/C19H21N5O2.ClH/c1-12-6-7-13(26-12)17-23-15-16(20)21-14(22-18(15)24(17)2)8-11-19(25)9-4-3-5-10-19;/h6-7,25H,3-5,9-10H2,1-2H3,(H2,20,21,22);1H. The first-order chi connectivity index (χ1) is 12.5. The van der Waals surface area contributed by atoms with Gasteiger partial charge in [-0.15, -0.1) is 12.4 Å².